The van der Waals surface area contributed by atoms with Gasteiger partial charge in [-0.05, 0) is 58.3 Å². The van der Waals surface area contributed by atoms with Gasteiger partial charge in [0.2, 0.25) is 0 Å². The Morgan fingerprint density at radius 3 is 1.80 bits per heavy atom. The topological polar surface area (TPSA) is 15.6 Å². The van der Waals surface area contributed by atoms with Crippen LogP contribution in [0.5, 0.6) is 0 Å². The molecule has 2 nitrogen and oxygen atoms in total. The largest absolute Gasteiger partial charge is 0.361 e. The molecule has 0 aliphatic carbocycles. The van der Waals surface area contributed by atoms with Gasteiger partial charge < -0.3 is 4.90 Å². The summed E-state index contributed by atoms with van der Waals surface area (Å²) in [6, 6.07) is 11.5. The van der Waals surface area contributed by atoms with E-state index in [2.05, 4.69) is 130 Å². The van der Waals surface area contributed by atoms with Crippen LogP contribution >= 0.6 is 0 Å². The monoisotopic (exact) mass is 484 g/mol. The van der Waals surface area contributed by atoms with Crippen molar-refractivity contribution in [3.63, 3.8) is 0 Å². The number of hydrogen-bond acceptors (Lipinski definition) is 2. The lowest BCUT2D eigenvalue weighted by molar-refractivity contribution is -0.115. The third-order valence-electron chi connectivity index (χ3n) is 10.5. The van der Waals surface area contributed by atoms with Crippen molar-refractivity contribution in [2.45, 2.75) is 122 Å². The van der Waals surface area contributed by atoms with Gasteiger partial charge in [0.25, 0.3) is 0 Å². The smallest absolute Gasteiger partial charge is 0.0851 e. The Hall–Kier alpha value is -1.31. The van der Waals surface area contributed by atoms with Crippen LogP contribution in [0.25, 0.3) is 0 Å². The van der Waals surface area contributed by atoms with Gasteiger partial charge in [-0.3, -0.25) is 4.99 Å². The molecule has 0 aromatic heterocycles. The minimum Gasteiger partial charge on any atom is -0.361 e. The third kappa shape index (κ3) is 6.34. The highest BCUT2D eigenvalue weighted by Crippen LogP contribution is 2.67. The van der Waals surface area contributed by atoms with Crippen LogP contribution in [0.1, 0.15) is 122 Å². The molecular weight excluding hydrogens is 424 g/mol. The molecule has 0 spiro atoms. The van der Waals surface area contributed by atoms with Crippen LogP contribution in [0.15, 0.2) is 35.3 Å². The van der Waals surface area contributed by atoms with Crippen LogP contribution in [-0.4, -0.2) is 30.9 Å². The second-order valence-corrected chi connectivity index (χ2v) is 14.8. The Bertz CT molecular complexity index is 806. The van der Waals surface area contributed by atoms with Crippen molar-refractivity contribution in [3.8, 4) is 0 Å². The van der Waals surface area contributed by atoms with Crippen molar-refractivity contribution < 1.29 is 0 Å². The highest BCUT2D eigenvalue weighted by Gasteiger charge is 2.62. The fraction of sp³-hybridized carbons (Fsp3) is 0.788. The highest BCUT2D eigenvalue weighted by molar-refractivity contribution is 5.56. The van der Waals surface area contributed by atoms with Crippen LogP contribution in [-0.2, 0) is 5.41 Å². The van der Waals surface area contributed by atoms with E-state index in [4.69, 9.17) is 0 Å². The molecule has 0 fully saturated rings. The fourth-order valence-electron chi connectivity index (χ4n) is 6.37. The van der Waals surface area contributed by atoms with Crippen molar-refractivity contribution in [2.75, 3.05) is 19.6 Å². The van der Waals surface area contributed by atoms with Crippen LogP contribution in [0, 0.1) is 27.1 Å². The number of benzene rings is 1. The molecule has 2 rings (SSSR count). The normalized spacial score (nSPS) is 18.7. The quantitative estimate of drug-likeness (QED) is 0.323. The number of hydrogen-bond donors (Lipinski definition) is 0. The summed E-state index contributed by atoms with van der Waals surface area (Å²) in [5.74, 6) is 0. The summed E-state index contributed by atoms with van der Waals surface area (Å²) >= 11 is 0. The van der Waals surface area contributed by atoms with Gasteiger partial charge in [0, 0.05) is 18.5 Å². The molecule has 2 atom stereocenters. The predicted octanol–water partition coefficient (Wildman–Crippen LogP) is 9.64. The highest BCUT2D eigenvalue weighted by atomic mass is 15.2. The van der Waals surface area contributed by atoms with Crippen molar-refractivity contribution in [1.29, 1.82) is 0 Å². The van der Waals surface area contributed by atoms with Gasteiger partial charge in [-0.25, -0.2) is 0 Å². The van der Waals surface area contributed by atoms with Gasteiger partial charge in [0.05, 0.1) is 12.9 Å². The molecule has 2 unspecified atom stereocenters. The average Bonchev–Trinajstić information content (AvgIpc) is 3.23. The molecule has 1 aliphatic rings. The summed E-state index contributed by atoms with van der Waals surface area (Å²) in [5.41, 5.74) is 2.30. The first-order chi connectivity index (χ1) is 15.4. The van der Waals surface area contributed by atoms with Crippen LogP contribution in [0.3, 0.4) is 0 Å². The molecule has 0 saturated heterocycles. The second kappa shape index (κ2) is 11.0. The minimum absolute atomic E-state index is 0. The van der Waals surface area contributed by atoms with Crippen molar-refractivity contribution in [1.82, 2.24) is 4.90 Å². The summed E-state index contributed by atoms with van der Waals surface area (Å²) in [5, 5.41) is 0. The molecule has 0 radical (unpaired) electrons. The number of rotatable bonds is 10. The lowest BCUT2D eigenvalue weighted by atomic mass is 9.38. The molecule has 2 heteroatoms. The zero-order chi connectivity index (χ0) is 26.1. The Labute approximate surface area is 220 Å². The van der Waals surface area contributed by atoms with Crippen LogP contribution < -0.4 is 0 Å². The summed E-state index contributed by atoms with van der Waals surface area (Å²) in [4.78, 5) is 6.83. The maximum Gasteiger partial charge on any atom is 0.0851 e. The van der Waals surface area contributed by atoms with Gasteiger partial charge in [-0.2, -0.15) is 0 Å². The van der Waals surface area contributed by atoms with E-state index >= 15 is 0 Å². The molecule has 0 N–H and O–H groups in total. The second-order valence-electron chi connectivity index (χ2n) is 14.8. The first kappa shape index (κ1) is 31.7. The SMILES string of the molecule is C.CC(C)(C)CCC(C)(C(C)(C)CCCN1C=NCC1)C(C)(c1ccccc1)C(C)(C)C(C)(C)C. The summed E-state index contributed by atoms with van der Waals surface area (Å²) in [6.07, 6.45) is 6.95. The van der Waals surface area contributed by atoms with Crippen LogP contribution in [0.2, 0.25) is 0 Å². The Balaban J connectivity index is 0.00000612. The van der Waals surface area contributed by atoms with Crippen molar-refractivity contribution in [3.05, 3.63) is 35.9 Å². The maximum atomic E-state index is 4.42. The fourth-order valence-corrected chi connectivity index (χ4v) is 6.37. The average molecular weight is 485 g/mol. The standard InChI is InChI=1S/C32H56N2.CH4/c1-27(2,3)20-21-31(11,29(7,8)19-16-23-34-24-22-33-25-34)32(12,26-17-14-13-15-18-26)30(9,10)28(4,5)6;/h13-15,17-18,25H,16,19-24H2,1-12H3;1H4. The predicted molar refractivity (Wildman–Crippen MR) is 159 cm³/mol. The van der Waals surface area contributed by atoms with E-state index in [0.717, 1.165) is 19.6 Å². The third-order valence-corrected chi connectivity index (χ3v) is 10.5. The van der Waals surface area contributed by atoms with Gasteiger partial charge in [0.1, 0.15) is 0 Å². The first-order valence-electron chi connectivity index (χ1n) is 13.7. The minimum atomic E-state index is -0.0106. The molecule has 0 bridgehead atoms. The van der Waals surface area contributed by atoms with E-state index in [1.54, 1.807) is 0 Å². The zero-order valence-corrected chi connectivity index (χ0v) is 24.8. The molecule has 1 aliphatic heterocycles. The molecule has 35 heavy (non-hydrogen) atoms. The number of nitrogens with zero attached hydrogens (tertiary/aromatic N) is 2. The molecular formula is C33H60N2. The number of aliphatic imine (C=N–C) groups is 1. The molecule has 202 valence electrons. The van der Waals surface area contributed by atoms with Crippen LogP contribution in [0.4, 0.5) is 0 Å². The molecule has 1 aromatic rings. The first-order valence-corrected chi connectivity index (χ1v) is 13.7. The molecule has 0 amide bonds. The Morgan fingerprint density at radius 2 is 1.34 bits per heavy atom. The van der Waals surface area contributed by atoms with E-state index in [9.17, 15) is 0 Å². The zero-order valence-electron chi connectivity index (χ0n) is 24.8. The van der Waals surface area contributed by atoms with E-state index in [1.807, 2.05) is 0 Å². The lowest BCUT2D eigenvalue weighted by Crippen LogP contribution is -2.61. The maximum absolute atomic E-state index is 4.42. The van der Waals surface area contributed by atoms with Gasteiger partial charge in [-0.15, -0.1) is 0 Å². The summed E-state index contributed by atoms with van der Waals surface area (Å²) in [6.45, 7) is 33.1. The van der Waals surface area contributed by atoms with E-state index < -0.39 is 0 Å². The van der Waals surface area contributed by atoms with Crippen molar-refractivity contribution in [2.24, 2.45) is 32.1 Å². The lowest BCUT2D eigenvalue weighted by Gasteiger charge is -2.66. The molecule has 1 heterocycles. The van der Waals surface area contributed by atoms with E-state index in [-0.39, 0.29) is 34.5 Å². The molecule has 1 aromatic carbocycles. The Kier molecular flexibility index (Phi) is 9.95. The summed E-state index contributed by atoms with van der Waals surface area (Å²) < 4.78 is 0. The van der Waals surface area contributed by atoms with Crippen molar-refractivity contribution >= 4 is 6.34 Å². The van der Waals surface area contributed by atoms with E-state index in [0.29, 0.717) is 5.41 Å². The van der Waals surface area contributed by atoms with Gasteiger partial charge in [-0.1, -0.05) is 121 Å². The Morgan fingerprint density at radius 1 is 0.771 bits per heavy atom. The van der Waals surface area contributed by atoms with Gasteiger partial charge >= 0.3 is 0 Å². The van der Waals surface area contributed by atoms with Gasteiger partial charge in [0.15, 0.2) is 0 Å². The molecule has 0 saturated carbocycles. The van der Waals surface area contributed by atoms with E-state index in [1.165, 1.54) is 31.2 Å². The summed E-state index contributed by atoms with van der Waals surface area (Å²) in [7, 11) is 0.